The van der Waals surface area contributed by atoms with Crippen LogP contribution < -0.4 is 16.4 Å². The highest BCUT2D eigenvalue weighted by molar-refractivity contribution is 5.95. The average Bonchev–Trinajstić information content (AvgIpc) is 2.61. The van der Waals surface area contributed by atoms with Crippen molar-refractivity contribution in [2.45, 2.75) is 19.3 Å². The summed E-state index contributed by atoms with van der Waals surface area (Å²) >= 11 is 0. The van der Waals surface area contributed by atoms with Crippen LogP contribution in [0.4, 0.5) is 5.69 Å². The predicted octanol–water partition coefficient (Wildman–Crippen LogP) is 2.34. The van der Waals surface area contributed by atoms with E-state index in [1.54, 1.807) is 24.3 Å². The van der Waals surface area contributed by atoms with E-state index in [2.05, 4.69) is 10.6 Å². The summed E-state index contributed by atoms with van der Waals surface area (Å²) in [7, 11) is 0. The van der Waals surface area contributed by atoms with E-state index >= 15 is 0 Å². The molecule has 5 heteroatoms. The Hall–Kier alpha value is -2.66. The van der Waals surface area contributed by atoms with Gasteiger partial charge in [0.2, 0.25) is 5.91 Å². The second-order valence-electron chi connectivity index (χ2n) is 5.51. The number of benzene rings is 2. The summed E-state index contributed by atoms with van der Waals surface area (Å²) in [6, 6.07) is 16.9. The third-order valence-corrected chi connectivity index (χ3v) is 3.58. The zero-order valence-corrected chi connectivity index (χ0v) is 13.6. The van der Waals surface area contributed by atoms with Gasteiger partial charge in [0.15, 0.2) is 0 Å². The molecule has 0 saturated heterocycles. The molecule has 126 valence electrons. The number of rotatable bonds is 8. The van der Waals surface area contributed by atoms with Crippen molar-refractivity contribution in [3.05, 3.63) is 65.7 Å². The lowest BCUT2D eigenvalue weighted by molar-refractivity contribution is -0.116. The zero-order valence-electron chi connectivity index (χ0n) is 13.6. The Morgan fingerprint density at radius 2 is 1.67 bits per heavy atom. The van der Waals surface area contributed by atoms with E-state index in [1.165, 1.54) is 5.56 Å². The van der Waals surface area contributed by atoms with E-state index in [9.17, 15) is 9.59 Å². The molecule has 0 atom stereocenters. The van der Waals surface area contributed by atoms with Crippen LogP contribution in [0.5, 0.6) is 0 Å². The molecule has 5 nitrogen and oxygen atoms in total. The van der Waals surface area contributed by atoms with Gasteiger partial charge in [-0.1, -0.05) is 30.3 Å². The van der Waals surface area contributed by atoms with Crippen LogP contribution in [0.25, 0.3) is 0 Å². The van der Waals surface area contributed by atoms with E-state index in [0.717, 1.165) is 6.42 Å². The van der Waals surface area contributed by atoms with Gasteiger partial charge in [-0.15, -0.1) is 0 Å². The molecule has 0 aliphatic rings. The van der Waals surface area contributed by atoms with E-state index in [0.29, 0.717) is 37.2 Å². The molecule has 0 saturated carbocycles. The van der Waals surface area contributed by atoms with E-state index in [-0.39, 0.29) is 11.8 Å². The Morgan fingerprint density at radius 3 is 2.33 bits per heavy atom. The fraction of sp³-hybridized carbons (Fsp3) is 0.263. The molecular formula is C19H23N3O2. The Balaban J connectivity index is 1.79. The Morgan fingerprint density at radius 1 is 0.958 bits per heavy atom. The fourth-order valence-corrected chi connectivity index (χ4v) is 2.26. The molecule has 2 aromatic carbocycles. The lowest BCUT2D eigenvalue weighted by Gasteiger charge is -2.08. The van der Waals surface area contributed by atoms with Crippen molar-refractivity contribution < 1.29 is 9.59 Å². The third kappa shape index (κ3) is 5.85. The zero-order chi connectivity index (χ0) is 17.2. The Kier molecular flexibility index (Phi) is 6.98. The van der Waals surface area contributed by atoms with Crippen LogP contribution in [-0.2, 0) is 11.2 Å². The van der Waals surface area contributed by atoms with Crippen molar-refractivity contribution in [1.29, 1.82) is 0 Å². The number of carbonyl (C=O) groups is 2. The molecule has 0 aliphatic carbocycles. The summed E-state index contributed by atoms with van der Waals surface area (Å²) in [5.41, 5.74) is 7.82. The number of carbonyl (C=O) groups excluding carboxylic acids is 2. The number of anilines is 1. The molecule has 2 aromatic rings. The van der Waals surface area contributed by atoms with Gasteiger partial charge in [-0.3, -0.25) is 9.59 Å². The summed E-state index contributed by atoms with van der Waals surface area (Å²) in [5, 5.41) is 5.68. The second kappa shape index (κ2) is 9.47. The molecule has 0 unspecified atom stereocenters. The molecule has 0 fully saturated rings. The number of nitrogens with one attached hydrogen (secondary N) is 2. The lowest BCUT2D eigenvalue weighted by Crippen LogP contribution is -2.25. The van der Waals surface area contributed by atoms with Crippen molar-refractivity contribution in [3.63, 3.8) is 0 Å². The van der Waals surface area contributed by atoms with Gasteiger partial charge in [-0.05, 0) is 49.2 Å². The first-order valence-corrected chi connectivity index (χ1v) is 8.11. The summed E-state index contributed by atoms with van der Waals surface area (Å²) in [6.07, 6.45) is 1.85. The van der Waals surface area contributed by atoms with Crippen molar-refractivity contribution in [2.75, 3.05) is 18.4 Å². The van der Waals surface area contributed by atoms with E-state index in [4.69, 9.17) is 5.73 Å². The maximum absolute atomic E-state index is 12.1. The third-order valence-electron chi connectivity index (χ3n) is 3.58. The van der Waals surface area contributed by atoms with Gasteiger partial charge in [0, 0.05) is 24.2 Å². The standard InChI is InChI=1S/C19H23N3O2/c20-13-4-7-18(23)22-17-10-8-16(9-11-17)19(24)21-14-12-15-5-2-1-3-6-15/h1-3,5-6,8-11H,4,7,12-14,20H2,(H,21,24)(H,22,23). The largest absolute Gasteiger partial charge is 0.352 e. The Bertz CT molecular complexity index is 654. The first-order chi connectivity index (χ1) is 11.7. The summed E-state index contributed by atoms with van der Waals surface area (Å²) < 4.78 is 0. The highest BCUT2D eigenvalue weighted by atomic mass is 16.2. The van der Waals surface area contributed by atoms with Crippen molar-refractivity contribution in [3.8, 4) is 0 Å². The van der Waals surface area contributed by atoms with Gasteiger partial charge >= 0.3 is 0 Å². The second-order valence-corrected chi connectivity index (χ2v) is 5.51. The molecule has 0 aromatic heterocycles. The first-order valence-electron chi connectivity index (χ1n) is 8.11. The van der Waals surface area contributed by atoms with Gasteiger partial charge in [0.05, 0.1) is 0 Å². The first kappa shape index (κ1) is 17.7. The van der Waals surface area contributed by atoms with E-state index < -0.39 is 0 Å². The van der Waals surface area contributed by atoms with Crippen molar-refractivity contribution in [2.24, 2.45) is 5.73 Å². The minimum atomic E-state index is -0.119. The van der Waals surface area contributed by atoms with Crippen LogP contribution in [0, 0.1) is 0 Å². The minimum Gasteiger partial charge on any atom is -0.352 e. The number of hydrogen-bond donors (Lipinski definition) is 3. The van der Waals surface area contributed by atoms with Gasteiger partial charge in [0.1, 0.15) is 0 Å². The highest BCUT2D eigenvalue weighted by Gasteiger charge is 2.06. The maximum atomic E-state index is 12.1. The molecule has 2 rings (SSSR count). The van der Waals surface area contributed by atoms with Crippen molar-refractivity contribution >= 4 is 17.5 Å². The topological polar surface area (TPSA) is 84.2 Å². The van der Waals surface area contributed by atoms with Gasteiger partial charge in [0.25, 0.3) is 5.91 Å². The predicted molar refractivity (Wildman–Crippen MR) is 95.8 cm³/mol. The monoisotopic (exact) mass is 325 g/mol. The van der Waals surface area contributed by atoms with E-state index in [1.807, 2.05) is 30.3 Å². The molecule has 0 heterocycles. The van der Waals surface area contributed by atoms with Crippen LogP contribution >= 0.6 is 0 Å². The summed E-state index contributed by atoms with van der Waals surface area (Å²) in [6.45, 7) is 1.08. The van der Waals surface area contributed by atoms with Crippen molar-refractivity contribution in [1.82, 2.24) is 5.32 Å². The molecule has 0 bridgehead atoms. The van der Waals surface area contributed by atoms with Gasteiger partial charge in [-0.2, -0.15) is 0 Å². The van der Waals surface area contributed by atoms with Crippen LogP contribution in [0.15, 0.2) is 54.6 Å². The normalized spacial score (nSPS) is 10.2. The summed E-state index contributed by atoms with van der Waals surface area (Å²) in [4.78, 5) is 23.7. The van der Waals surface area contributed by atoms with Gasteiger partial charge in [-0.25, -0.2) is 0 Å². The Labute approximate surface area is 142 Å². The molecule has 0 spiro atoms. The smallest absolute Gasteiger partial charge is 0.251 e. The molecule has 0 radical (unpaired) electrons. The molecule has 2 amide bonds. The minimum absolute atomic E-state index is 0.0690. The van der Waals surface area contributed by atoms with Crippen LogP contribution in [0.1, 0.15) is 28.8 Å². The number of hydrogen-bond acceptors (Lipinski definition) is 3. The quantitative estimate of drug-likeness (QED) is 0.696. The number of nitrogens with two attached hydrogens (primary N) is 1. The molecule has 24 heavy (non-hydrogen) atoms. The molecular weight excluding hydrogens is 302 g/mol. The molecule has 0 aliphatic heterocycles. The van der Waals surface area contributed by atoms with Crippen LogP contribution in [0.3, 0.4) is 0 Å². The maximum Gasteiger partial charge on any atom is 0.251 e. The van der Waals surface area contributed by atoms with Gasteiger partial charge < -0.3 is 16.4 Å². The number of amides is 2. The summed E-state index contributed by atoms with van der Waals surface area (Å²) in [5.74, 6) is -0.188. The lowest BCUT2D eigenvalue weighted by atomic mass is 10.1. The SMILES string of the molecule is NCCCC(=O)Nc1ccc(C(=O)NCCc2ccccc2)cc1. The molecule has 4 N–H and O–H groups in total. The van der Waals surface area contributed by atoms with Crippen LogP contribution in [0.2, 0.25) is 0 Å². The fourth-order valence-electron chi connectivity index (χ4n) is 2.26. The van der Waals surface area contributed by atoms with Crippen LogP contribution in [-0.4, -0.2) is 24.9 Å². The average molecular weight is 325 g/mol. The highest BCUT2D eigenvalue weighted by Crippen LogP contribution is 2.10.